The van der Waals surface area contributed by atoms with Gasteiger partial charge < -0.3 is 9.64 Å². The lowest BCUT2D eigenvalue weighted by molar-refractivity contribution is -0.128. The summed E-state index contributed by atoms with van der Waals surface area (Å²) >= 11 is 0. The third kappa shape index (κ3) is 1.23. The Bertz CT molecular complexity index is 166. The molecule has 11 heavy (non-hydrogen) atoms. The van der Waals surface area contributed by atoms with Crippen molar-refractivity contribution in [1.29, 1.82) is 0 Å². The first kappa shape index (κ1) is 7.06. The molecule has 1 N–H and O–H groups in total. The molecule has 0 aromatic carbocycles. The molecule has 1 atom stereocenters. The molecule has 2 fully saturated rings. The molecule has 4 heteroatoms. The molecular formula is C7H12N2O2. The fourth-order valence-corrected chi connectivity index (χ4v) is 1.57. The van der Waals surface area contributed by atoms with Crippen LogP contribution in [0.3, 0.4) is 0 Å². The van der Waals surface area contributed by atoms with E-state index in [1.54, 1.807) is 0 Å². The third-order valence-corrected chi connectivity index (χ3v) is 2.23. The molecule has 0 aromatic rings. The third-order valence-electron chi connectivity index (χ3n) is 2.23. The lowest BCUT2D eigenvalue weighted by Crippen LogP contribution is -2.37. The number of nitrogens with one attached hydrogen (secondary N) is 1. The number of amides is 1. The highest BCUT2D eigenvalue weighted by atomic mass is 16.5. The predicted molar refractivity (Wildman–Crippen MR) is 38.9 cm³/mol. The molecule has 2 aliphatic rings. The van der Waals surface area contributed by atoms with E-state index in [1.807, 2.05) is 4.90 Å². The van der Waals surface area contributed by atoms with Gasteiger partial charge >= 0.3 is 0 Å². The van der Waals surface area contributed by atoms with Gasteiger partial charge in [0, 0.05) is 6.61 Å². The molecule has 1 amide bonds. The van der Waals surface area contributed by atoms with Gasteiger partial charge in [-0.05, 0) is 6.42 Å². The summed E-state index contributed by atoms with van der Waals surface area (Å²) in [7, 11) is 0. The van der Waals surface area contributed by atoms with Gasteiger partial charge in [-0.15, -0.1) is 0 Å². The maximum atomic E-state index is 11.2. The van der Waals surface area contributed by atoms with Gasteiger partial charge in [0.15, 0.2) is 0 Å². The van der Waals surface area contributed by atoms with Crippen LogP contribution in [0.25, 0.3) is 0 Å². The van der Waals surface area contributed by atoms with Gasteiger partial charge in [-0.2, -0.15) is 0 Å². The minimum atomic E-state index is 0.209. The van der Waals surface area contributed by atoms with Crippen molar-refractivity contribution in [1.82, 2.24) is 10.2 Å². The first-order chi connectivity index (χ1) is 5.38. The largest absolute Gasteiger partial charge is 0.379 e. The van der Waals surface area contributed by atoms with E-state index in [0.29, 0.717) is 25.9 Å². The number of nitrogens with zero attached hydrogens (tertiary/aromatic N) is 1. The van der Waals surface area contributed by atoms with Gasteiger partial charge in [0.05, 0.1) is 25.9 Å². The summed E-state index contributed by atoms with van der Waals surface area (Å²) in [4.78, 5) is 13.0. The predicted octanol–water partition coefficient (Wildman–Crippen LogP) is -0.835. The van der Waals surface area contributed by atoms with Crippen molar-refractivity contribution in [2.24, 2.45) is 0 Å². The van der Waals surface area contributed by atoms with Crippen LogP contribution in [-0.2, 0) is 9.53 Å². The lowest BCUT2D eigenvalue weighted by atomic mass is 10.2. The quantitative estimate of drug-likeness (QED) is 0.538. The zero-order valence-electron chi connectivity index (χ0n) is 6.38. The normalized spacial score (nSPS) is 31.8. The van der Waals surface area contributed by atoms with Crippen LogP contribution < -0.4 is 5.32 Å². The number of ether oxygens (including phenoxy) is 1. The molecular weight excluding hydrogens is 144 g/mol. The first-order valence-electron chi connectivity index (χ1n) is 3.96. The first-order valence-corrected chi connectivity index (χ1v) is 3.96. The molecule has 2 aliphatic heterocycles. The molecule has 0 aliphatic carbocycles. The second-order valence-electron chi connectivity index (χ2n) is 2.97. The van der Waals surface area contributed by atoms with E-state index in [-0.39, 0.29) is 5.91 Å². The van der Waals surface area contributed by atoms with Gasteiger partial charge in [-0.3, -0.25) is 10.1 Å². The molecule has 0 bridgehead atoms. The van der Waals surface area contributed by atoms with E-state index in [0.717, 1.165) is 13.0 Å². The maximum Gasteiger partial charge on any atom is 0.237 e. The molecule has 1 unspecified atom stereocenters. The number of carbonyl (C=O) groups is 1. The second kappa shape index (κ2) is 2.79. The molecule has 0 spiro atoms. The molecule has 0 radical (unpaired) electrons. The highest BCUT2D eigenvalue weighted by molar-refractivity contribution is 5.80. The molecule has 0 saturated carbocycles. The Balaban J connectivity index is 1.97. The smallest absolute Gasteiger partial charge is 0.237 e. The number of rotatable bonds is 1. The fourth-order valence-electron chi connectivity index (χ4n) is 1.57. The van der Waals surface area contributed by atoms with Crippen molar-refractivity contribution in [2.75, 3.05) is 26.4 Å². The van der Waals surface area contributed by atoms with E-state index in [1.165, 1.54) is 0 Å². The Labute approximate surface area is 65.5 Å². The summed E-state index contributed by atoms with van der Waals surface area (Å²) < 4.78 is 5.20. The Morgan fingerprint density at radius 1 is 1.64 bits per heavy atom. The number of carbonyl (C=O) groups excluding carboxylic acids is 1. The summed E-state index contributed by atoms with van der Waals surface area (Å²) in [5, 5.41) is 3.02. The molecule has 4 nitrogen and oxygen atoms in total. The number of hydrogen-bond donors (Lipinski definition) is 1. The summed E-state index contributed by atoms with van der Waals surface area (Å²) in [5.41, 5.74) is 0. The van der Waals surface area contributed by atoms with Crippen molar-refractivity contribution >= 4 is 5.91 Å². The van der Waals surface area contributed by atoms with E-state index < -0.39 is 0 Å². The topological polar surface area (TPSA) is 41.6 Å². The summed E-state index contributed by atoms with van der Waals surface area (Å²) in [6.07, 6.45) is 0.993. The van der Waals surface area contributed by atoms with Crippen molar-refractivity contribution in [3.05, 3.63) is 0 Å². The van der Waals surface area contributed by atoms with Gasteiger partial charge in [0.2, 0.25) is 5.91 Å². The van der Waals surface area contributed by atoms with Gasteiger partial charge in [-0.1, -0.05) is 0 Å². The van der Waals surface area contributed by atoms with Gasteiger partial charge in [0.1, 0.15) is 0 Å². The molecule has 62 valence electrons. The van der Waals surface area contributed by atoms with Crippen molar-refractivity contribution in [2.45, 2.75) is 12.5 Å². The Hall–Kier alpha value is -0.610. The van der Waals surface area contributed by atoms with Crippen LogP contribution in [0.1, 0.15) is 6.42 Å². The van der Waals surface area contributed by atoms with Crippen LogP contribution in [0.4, 0.5) is 0 Å². The van der Waals surface area contributed by atoms with Crippen molar-refractivity contribution in [3.63, 3.8) is 0 Å². The van der Waals surface area contributed by atoms with Gasteiger partial charge in [-0.25, -0.2) is 0 Å². The second-order valence-corrected chi connectivity index (χ2v) is 2.97. The fraction of sp³-hybridized carbons (Fsp3) is 0.857. The highest BCUT2D eigenvalue weighted by Crippen LogP contribution is 2.13. The molecule has 0 aromatic heterocycles. The number of hydrogen-bond acceptors (Lipinski definition) is 3. The minimum absolute atomic E-state index is 0.209. The van der Waals surface area contributed by atoms with Crippen LogP contribution in [0, 0.1) is 0 Å². The van der Waals surface area contributed by atoms with Crippen LogP contribution >= 0.6 is 0 Å². The highest BCUT2D eigenvalue weighted by Gasteiger charge is 2.29. The van der Waals surface area contributed by atoms with Crippen LogP contribution in [-0.4, -0.2) is 43.3 Å². The van der Waals surface area contributed by atoms with Crippen molar-refractivity contribution < 1.29 is 9.53 Å². The zero-order valence-corrected chi connectivity index (χ0v) is 6.38. The van der Waals surface area contributed by atoms with Gasteiger partial charge in [0.25, 0.3) is 0 Å². The van der Waals surface area contributed by atoms with E-state index in [2.05, 4.69) is 5.32 Å². The Kier molecular flexibility index (Phi) is 1.79. The monoisotopic (exact) mass is 156 g/mol. The molecule has 2 rings (SSSR count). The summed E-state index contributed by atoms with van der Waals surface area (Å²) in [5.74, 6) is 0.209. The Morgan fingerprint density at radius 2 is 2.55 bits per heavy atom. The zero-order chi connectivity index (χ0) is 7.68. The van der Waals surface area contributed by atoms with E-state index in [9.17, 15) is 4.79 Å². The Morgan fingerprint density at radius 3 is 3.09 bits per heavy atom. The molecule has 2 heterocycles. The van der Waals surface area contributed by atoms with Crippen LogP contribution in [0.2, 0.25) is 0 Å². The SMILES string of the molecule is O=C1CNCN1C1CCOC1. The van der Waals surface area contributed by atoms with Crippen LogP contribution in [0.15, 0.2) is 0 Å². The summed E-state index contributed by atoms with van der Waals surface area (Å²) in [6, 6.07) is 0.331. The maximum absolute atomic E-state index is 11.2. The van der Waals surface area contributed by atoms with Crippen molar-refractivity contribution in [3.8, 4) is 0 Å². The van der Waals surface area contributed by atoms with E-state index >= 15 is 0 Å². The summed E-state index contributed by atoms with van der Waals surface area (Å²) in [6.45, 7) is 2.71. The van der Waals surface area contributed by atoms with E-state index in [4.69, 9.17) is 4.74 Å². The average molecular weight is 156 g/mol. The average Bonchev–Trinajstić information content (AvgIpc) is 2.55. The molecule has 2 saturated heterocycles. The minimum Gasteiger partial charge on any atom is -0.379 e. The standard InChI is InChI=1S/C7H12N2O2/c10-7-3-8-5-9(7)6-1-2-11-4-6/h6,8H,1-5H2. The van der Waals surface area contributed by atoms with Crippen LogP contribution in [0.5, 0.6) is 0 Å². The lowest BCUT2D eigenvalue weighted by Gasteiger charge is -2.20.